The zero-order chi connectivity index (χ0) is 14.1. The van der Waals surface area contributed by atoms with Gasteiger partial charge < -0.3 is 15.0 Å². The second-order valence-corrected chi connectivity index (χ2v) is 4.80. The van der Waals surface area contributed by atoms with Gasteiger partial charge in [-0.3, -0.25) is 4.98 Å². The number of nitrogens with zero attached hydrogens (tertiary/aromatic N) is 2. The van der Waals surface area contributed by atoms with Gasteiger partial charge in [0.15, 0.2) is 0 Å². The molecule has 19 heavy (non-hydrogen) atoms. The molecule has 1 atom stereocenters. The molecule has 108 valence electrons. The number of rotatable bonds is 9. The standard InChI is InChI=1S/C15H27N3O/c1-5-7-17-14-10-15(12-16-11-14)18(8-9-19-4)13(3)6-2/h10-13,17H,5-9H2,1-4H3. The summed E-state index contributed by atoms with van der Waals surface area (Å²) in [5, 5.41) is 3.38. The van der Waals surface area contributed by atoms with Gasteiger partial charge >= 0.3 is 0 Å². The van der Waals surface area contributed by atoms with Crippen LogP contribution in [-0.2, 0) is 4.74 Å². The van der Waals surface area contributed by atoms with Crippen molar-refractivity contribution in [1.82, 2.24) is 4.98 Å². The maximum atomic E-state index is 5.21. The number of methoxy groups -OCH3 is 1. The van der Waals surface area contributed by atoms with Gasteiger partial charge in [-0.15, -0.1) is 0 Å². The van der Waals surface area contributed by atoms with Crippen molar-refractivity contribution in [3.63, 3.8) is 0 Å². The fourth-order valence-electron chi connectivity index (χ4n) is 1.96. The topological polar surface area (TPSA) is 37.4 Å². The molecule has 1 unspecified atom stereocenters. The summed E-state index contributed by atoms with van der Waals surface area (Å²) in [5.41, 5.74) is 2.25. The zero-order valence-electron chi connectivity index (χ0n) is 12.6. The first-order valence-electron chi connectivity index (χ1n) is 7.17. The molecule has 0 saturated carbocycles. The van der Waals surface area contributed by atoms with E-state index in [-0.39, 0.29) is 0 Å². The Balaban J connectivity index is 2.81. The Kier molecular flexibility index (Phi) is 7.26. The monoisotopic (exact) mass is 265 g/mol. The van der Waals surface area contributed by atoms with E-state index in [0.717, 1.165) is 43.9 Å². The predicted octanol–water partition coefficient (Wildman–Crippen LogP) is 3.15. The van der Waals surface area contributed by atoms with Crippen molar-refractivity contribution in [2.24, 2.45) is 0 Å². The third-order valence-electron chi connectivity index (χ3n) is 3.29. The molecule has 0 saturated heterocycles. The van der Waals surface area contributed by atoms with Gasteiger partial charge in [0, 0.05) is 26.2 Å². The van der Waals surface area contributed by atoms with Crippen molar-refractivity contribution in [3.05, 3.63) is 18.5 Å². The molecule has 1 aromatic heterocycles. The summed E-state index contributed by atoms with van der Waals surface area (Å²) >= 11 is 0. The van der Waals surface area contributed by atoms with Gasteiger partial charge in [-0.1, -0.05) is 13.8 Å². The van der Waals surface area contributed by atoms with E-state index in [1.807, 2.05) is 12.4 Å². The summed E-state index contributed by atoms with van der Waals surface area (Å²) in [7, 11) is 1.74. The van der Waals surface area contributed by atoms with Crippen LogP contribution < -0.4 is 10.2 Å². The fraction of sp³-hybridized carbons (Fsp3) is 0.667. The predicted molar refractivity (Wildman–Crippen MR) is 82.0 cm³/mol. The molecule has 0 fully saturated rings. The summed E-state index contributed by atoms with van der Waals surface area (Å²) in [6, 6.07) is 2.66. The van der Waals surface area contributed by atoms with E-state index in [9.17, 15) is 0 Å². The second kappa shape index (κ2) is 8.75. The van der Waals surface area contributed by atoms with E-state index in [4.69, 9.17) is 4.74 Å². The van der Waals surface area contributed by atoms with Crippen molar-refractivity contribution >= 4 is 11.4 Å². The first-order valence-corrected chi connectivity index (χ1v) is 7.17. The minimum atomic E-state index is 0.485. The third-order valence-corrected chi connectivity index (χ3v) is 3.29. The van der Waals surface area contributed by atoms with Crippen molar-refractivity contribution in [2.75, 3.05) is 37.0 Å². The Morgan fingerprint density at radius 3 is 2.79 bits per heavy atom. The van der Waals surface area contributed by atoms with Gasteiger partial charge in [-0.25, -0.2) is 0 Å². The maximum Gasteiger partial charge on any atom is 0.0637 e. The lowest BCUT2D eigenvalue weighted by molar-refractivity contribution is 0.203. The Morgan fingerprint density at radius 2 is 2.16 bits per heavy atom. The van der Waals surface area contributed by atoms with Crippen LogP contribution in [0.1, 0.15) is 33.6 Å². The van der Waals surface area contributed by atoms with Crippen molar-refractivity contribution in [3.8, 4) is 0 Å². The third kappa shape index (κ3) is 5.07. The SMILES string of the molecule is CCCNc1cncc(N(CCOC)C(C)CC)c1. The van der Waals surface area contributed by atoms with Gasteiger partial charge in [-0.2, -0.15) is 0 Å². The number of ether oxygens (including phenoxy) is 1. The number of nitrogens with one attached hydrogen (secondary N) is 1. The van der Waals surface area contributed by atoms with Gasteiger partial charge in [0.1, 0.15) is 0 Å². The smallest absolute Gasteiger partial charge is 0.0637 e. The first-order chi connectivity index (χ1) is 9.22. The van der Waals surface area contributed by atoms with Crippen molar-refractivity contribution in [1.29, 1.82) is 0 Å². The van der Waals surface area contributed by atoms with Crippen LogP contribution >= 0.6 is 0 Å². The van der Waals surface area contributed by atoms with Gasteiger partial charge in [0.05, 0.1) is 30.4 Å². The second-order valence-electron chi connectivity index (χ2n) is 4.80. The lowest BCUT2D eigenvalue weighted by atomic mass is 10.2. The average Bonchev–Trinajstić information content (AvgIpc) is 2.45. The van der Waals surface area contributed by atoms with E-state index in [2.05, 4.69) is 42.0 Å². The molecule has 0 amide bonds. The van der Waals surface area contributed by atoms with E-state index in [0.29, 0.717) is 6.04 Å². The van der Waals surface area contributed by atoms with Crippen LogP contribution in [0.25, 0.3) is 0 Å². The number of aromatic nitrogens is 1. The highest BCUT2D eigenvalue weighted by atomic mass is 16.5. The Hall–Kier alpha value is -1.29. The minimum absolute atomic E-state index is 0.485. The van der Waals surface area contributed by atoms with Gasteiger partial charge in [-0.05, 0) is 25.8 Å². The van der Waals surface area contributed by atoms with Crippen LogP contribution in [-0.4, -0.2) is 37.8 Å². The molecule has 4 heteroatoms. The van der Waals surface area contributed by atoms with Crippen LogP contribution in [0.3, 0.4) is 0 Å². The van der Waals surface area contributed by atoms with Crippen molar-refractivity contribution in [2.45, 2.75) is 39.7 Å². The number of pyridine rings is 1. The summed E-state index contributed by atoms with van der Waals surface area (Å²) < 4.78 is 5.21. The largest absolute Gasteiger partial charge is 0.384 e. The molecule has 0 aromatic carbocycles. The van der Waals surface area contributed by atoms with Crippen LogP contribution in [0.2, 0.25) is 0 Å². The Morgan fingerprint density at radius 1 is 1.37 bits per heavy atom. The number of hydrogen-bond acceptors (Lipinski definition) is 4. The Bertz CT molecular complexity index is 357. The van der Waals surface area contributed by atoms with Crippen LogP contribution in [0.4, 0.5) is 11.4 Å². The highest BCUT2D eigenvalue weighted by molar-refractivity contribution is 5.56. The quantitative estimate of drug-likeness (QED) is 0.744. The fourth-order valence-corrected chi connectivity index (χ4v) is 1.96. The summed E-state index contributed by atoms with van der Waals surface area (Å²) in [4.78, 5) is 6.69. The van der Waals surface area contributed by atoms with Gasteiger partial charge in [0.2, 0.25) is 0 Å². The Labute approximate surface area is 117 Å². The maximum absolute atomic E-state index is 5.21. The molecule has 0 bridgehead atoms. The summed E-state index contributed by atoms with van der Waals surface area (Å²) in [5.74, 6) is 0. The van der Waals surface area contributed by atoms with Crippen LogP contribution in [0.5, 0.6) is 0 Å². The lowest BCUT2D eigenvalue weighted by Gasteiger charge is -2.30. The zero-order valence-corrected chi connectivity index (χ0v) is 12.6. The van der Waals surface area contributed by atoms with Crippen molar-refractivity contribution < 1.29 is 4.74 Å². The molecule has 1 aromatic rings. The molecule has 1 heterocycles. The van der Waals surface area contributed by atoms with Crippen LogP contribution in [0.15, 0.2) is 18.5 Å². The molecule has 0 aliphatic rings. The molecular formula is C15H27N3O. The first kappa shape index (κ1) is 15.8. The molecule has 0 radical (unpaired) electrons. The normalized spacial score (nSPS) is 12.2. The number of anilines is 2. The summed E-state index contributed by atoms with van der Waals surface area (Å²) in [6.45, 7) is 9.21. The molecule has 0 spiro atoms. The molecule has 1 N–H and O–H groups in total. The molecular weight excluding hydrogens is 238 g/mol. The van der Waals surface area contributed by atoms with E-state index in [1.54, 1.807) is 7.11 Å². The molecule has 0 aliphatic heterocycles. The minimum Gasteiger partial charge on any atom is -0.384 e. The van der Waals surface area contributed by atoms with Gasteiger partial charge in [0.25, 0.3) is 0 Å². The summed E-state index contributed by atoms with van der Waals surface area (Å²) in [6.07, 6.45) is 6.03. The highest BCUT2D eigenvalue weighted by Gasteiger charge is 2.13. The van der Waals surface area contributed by atoms with E-state index in [1.165, 1.54) is 0 Å². The van der Waals surface area contributed by atoms with E-state index >= 15 is 0 Å². The molecule has 1 rings (SSSR count). The van der Waals surface area contributed by atoms with Crippen LogP contribution in [0, 0.1) is 0 Å². The lowest BCUT2D eigenvalue weighted by Crippen LogP contribution is -2.35. The molecule has 0 aliphatic carbocycles. The number of hydrogen-bond donors (Lipinski definition) is 1. The van der Waals surface area contributed by atoms with E-state index < -0.39 is 0 Å². The highest BCUT2D eigenvalue weighted by Crippen LogP contribution is 2.21. The average molecular weight is 265 g/mol. The molecule has 4 nitrogen and oxygen atoms in total.